The SMILES string of the molecule is CCOC(=O)C1=C(C)N=c2s/c(=C\c3ccc(OCC)c(Cl)c3)c(=O)n2[C@H]1c1ccc(SC)cc1. The van der Waals surface area contributed by atoms with E-state index in [1.165, 1.54) is 11.3 Å². The van der Waals surface area contributed by atoms with Gasteiger partial charge in [-0.25, -0.2) is 9.79 Å². The zero-order valence-corrected chi connectivity index (χ0v) is 22.2. The smallest absolute Gasteiger partial charge is 0.338 e. The van der Waals surface area contributed by atoms with Crippen LogP contribution in [0.25, 0.3) is 6.08 Å². The molecule has 0 spiro atoms. The quantitative estimate of drug-likeness (QED) is 0.332. The second-order valence-corrected chi connectivity index (χ2v) is 9.99. The maximum atomic E-state index is 13.7. The molecule has 2 aromatic carbocycles. The van der Waals surface area contributed by atoms with Crippen LogP contribution >= 0.6 is 34.7 Å². The number of carbonyl (C=O) groups is 1. The molecule has 1 atom stereocenters. The van der Waals surface area contributed by atoms with E-state index in [-0.39, 0.29) is 12.2 Å². The second-order valence-electron chi connectivity index (χ2n) is 7.70. The highest BCUT2D eigenvalue weighted by Gasteiger charge is 2.33. The fourth-order valence-corrected chi connectivity index (χ4v) is 5.62. The van der Waals surface area contributed by atoms with E-state index in [4.69, 9.17) is 21.1 Å². The number of esters is 1. The third-order valence-corrected chi connectivity index (χ3v) is 7.52. The Morgan fingerprint density at radius 2 is 1.94 bits per heavy atom. The summed E-state index contributed by atoms with van der Waals surface area (Å²) in [6.07, 6.45) is 3.78. The third-order valence-electron chi connectivity index (χ3n) is 5.50. The number of nitrogens with zero attached hydrogens (tertiary/aromatic N) is 2. The molecule has 0 unspecified atom stereocenters. The highest BCUT2D eigenvalue weighted by atomic mass is 35.5. The Balaban J connectivity index is 1.89. The molecule has 3 aromatic rings. The molecule has 0 N–H and O–H groups in total. The summed E-state index contributed by atoms with van der Waals surface area (Å²) >= 11 is 9.25. The molecule has 0 saturated carbocycles. The van der Waals surface area contributed by atoms with E-state index in [1.54, 1.807) is 48.4 Å². The van der Waals surface area contributed by atoms with Crippen molar-refractivity contribution in [2.75, 3.05) is 19.5 Å². The lowest BCUT2D eigenvalue weighted by Gasteiger charge is -2.24. The fraction of sp³-hybridized carbons (Fsp3) is 0.269. The molecule has 0 radical (unpaired) electrons. The standard InChI is InChI=1S/C26H25ClN2O4S2/c1-5-32-20-12-7-16(13-19(20)27)14-21-24(30)29-23(17-8-10-18(34-4)11-9-17)22(25(31)33-6-2)15(3)28-26(29)35-21/h7-14,23H,5-6H2,1-4H3/b21-14-/t23-/m0/s1. The molecule has 1 aliphatic heterocycles. The van der Waals surface area contributed by atoms with E-state index < -0.39 is 12.0 Å². The van der Waals surface area contributed by atoms with Crippen molar-refractivity contribution in [2.45, 2.75) is 31.7 Å². The summed E-state index contributed by atoms with van der Waals surface area (Å²) < 4.78 is 12.9. The third kappa shape index (κ3) is 5.10. The molecule has 1 aromatic heterocycles. The van der Waals surface area contributed by atoms with Gasteiger partial charge in [-0.05, 0) is 68.5 Å². The van der Waals surface area contributed by atoms with Crippen molar-refractivity contribution >= 4 is 46.7 Å². The molecule has 182 valence electrons. The van der Waals surface area contributed by atoms with Crippen LogP contribution in [-0.2, 0) is 9.53 Å². The molecule has 1 aliphatic rings. The number of halogens is 1. The number of ether oxygens (including phenoxy) is 2. The summed E-state index contributed by atoms with van der Waals surface area (Å²) in [6.45, 7) is 6.17. The second kappa shape index (κ2) is 10.8. The molecule has 9 heteroatoms. The van der Waals surface area contributed by atoms with Gasteiger partial charge in [-0.1, -0.05) is 41.1 Å². The van der Waals surface area contributed by atoms with Crippen molar-refractivity contribution in [3.8, 4) is 5.75 Å². The van der Waals surface area contributed by atoms with E-state index in [2.05, 4.69) is 4.99 Å². The Labute approximate surface area is 216 Å². The lowest BCUT2D eigenvalue weighted by Crippen LogP contribution is -2.39. The van der Waals surface area contributed by atoms with Crippen LogP contribution in [0, 0.1) is 0 Å². The van der Waals surface area contributed by atoms with Crippen LogP contribution < -0.4 is 19.6 Å². The van der Waals surface area contributed by atoms with Crippen molar-refractivity contribution in [2.24, 2.45) is 4.99 Å². The van der Waals surface area contributed by atoms with Crippen molar-refractivity contribution in [3.63, 3.8) is 0 Å². The molecular formula is C26H25ClN2O4S2. The number of aromatic nitrogens is 1. The van der Waals surface area contributed by atoms with Crippen molar-refractivity contribution in [1.29, 1.82) is 0 Å². The summed E-state index contributed by atoms with van der Waals surface area (Å²) in [5, 5.41) is 0.473. The van der Waals surface area contributed by atoms with E-state index >= 15 is 0 Å². The van der Waals surface area contributed by atoms with Crippen LogP contribution in [0.1, 0.15) is 37.9 Å². The van der Waals surface area contributed by atoms with Gasteiger partial charge in [0, 0.05) is 4.90 Å². The van der Waals surface area contributed by atoms with E-state index in [0.717, 1.165) is 16.0 Å². The summed E-state index contributed by atoms with van der Waals surface area (Å²) in [5.41, 5.74) is 2.26. The van der Waals surface area contributed by atoms with Crippen LogP contribution in [0.15, 0.2) is 68.4 Å². The minimum Gasteiger partial charge on any atom is -0.492 e. The first-order valence-electron chi connectivity index (χ1n) is 11.1. The summed E-state index contributed by atoms with van der Waals surface area (Å²) in [5.74, 6) is 0.122. The number of rotatable bonds is 7. The van der Waals surface area contributed by atoms with Crippen LogP contribution in [-0.4, -0.2) is 30.0 Å². The Morgan fingerprint density at radius 1 is 1.20 bits per heavy atom. The van der Waals surface area contributed by atoms with E-state index in [9.17, 15) is 9.59 Å². The lowest BCUT2D eigenvalue weighted by atomic mass is 9.96. The average molecular weight is 529 g/mol. The molecule has 6 nitrogen and oxygen atoms in total. The van der Waals surface area contributed by atoms with Gasteiger partial charge in [-0.3, -0.25) is 9.36 Å². The Hall–Kier alpha value is -2.81. The predicted molar refractivity (Wildman–Crippen MR) is 141 cm³/mol. The molecule has 0 aliphatic carbocycles. The minimum atomic E-state index is -0.632. The van der Waals surface area contributed by atoms with Gasteiger partial charge >= 0.3 is 5.97 Å². The molecule has 0 fully saturated rings. The van der Waals surface area contributed by atoms with E-state index in [0.29, 0.717) is 38.0 Å². The van der Waals surface area contributed by atoms with Crippen molar-refractivity contribution in [3.05, 3.63) is 89.6 Å². The maximum Gasteiger partial charge on any atom is 0.338 e. The monoisotopic (exact) mass is 528 g/mol. The zero-order chi connectivity index (χ0) is 25.1. The lowest BCUT2D eigenvalue weighted by molar-refractivity contribution is -0.139. The molecule has 0 amide bonds. The van der Waals surface area contributed by atoms with Gasteiger partial charge in [0.2, 0.25) is 0 Å². The van der Waals surface area contributed by atoms with Gasteiger partial charge in [-0.2, -0.15) is 0 Å². The highest BCUT2D eigenvalue weighted by Crippen LogP contribution is 2.32. The zero-order valence-electron chi connectivity index (χ0n) is 19.8. The molecule has 4 rings (SSSR count). The predicted octanol–water partition coefficient (Wildman–Crippen LogP) is 4.57. The van der Waals surface area contributed by atoms with Gasteiger partial charge in [-0.15, -0.1) is 11.8 Å². The minimum absolute atomic E-state index is 0.230. The first kappa shape index (κ1) is 25.3. The molecule has 0 saturated heterocycles. The van der Waals surface area contributed by atoms with Gasteiger partial charge in [0.15, 0.2) is 4.80 Å². The first-order valence-corrected chi connectivity index (χ1v) is 13.6. The maximum absolute atomic E-state index is 13.7. The summed E-state index contributed by atoms with van der Waals surface area (Å²) in [4.78, 5) is 32.9. The van der Waals surface area contributed by atoms with Gasteiger partial charge in [0.1, 0.15) is 5.75 Å². The van der Waals surface area contributed by atoms with Crippen LogP contribution in [0.5, 0.6) is 5.75 Å². The molecular weight excluding hydrogens is 504 g/mol. The topological polar surface area (TPSA) is 69.9 Å². The molecule has 35 heavy (non-hydrogen) atoms. The summed E-state index contributed by atoms with van der Waals surface area (Å²) in [6, 6.07) is 12.6. The number of benzene rings is 2. The average Bonchev–Trinajstić information content (AvgIpc) is 3.14. The Bertz CT molecular complexity index is 1470. The van der Waals surface area contributed by atoms with Crippen LogP contribution in [0.3, 0.4) is 0 Å². The number of hydrogen-bond acceptors (Lipinski definition) is 7. The number of carbonyl (C=O) groups excluding carboxylic acids is 1. The number of thioether (sulfide) groups is 1. The van der Waals surface area contributed by atoms with Gasteiger partial charge < -0.3 is 9.47 Å². The van der Waals surface area contributed by atoms with Crippen molar-refractivity contribution in [1.82, 2.24) is 4.57 Å². The van der Waals surface area contributed by atoms with E-state index in [1.807, 2.05) is 43.5 Å². The largest absolute Gasteiger partial charge is 0.492 e. The van der Waals surface area contributed by atoms with Crippen molar-refractivity contribution < 1.29 is 14.3 Å². The highest BCUT2D eigenvalue weighted by molar-refractivity contribution is 7.98. The van der Waals surface area contributed by atoms with Gasteiger partial charge in [0.25, 0.3) is 5.56 Å². The normalized spacial score (nSPS) is 15.6. The van der Waals surface area contributed by atoms with Crippen LogP contribution in [0.4, 0.5) is 0 Å². The number of allylic oxidation sites excluding steroid dienone is 1. The number of fused-ring (bicyclic) bond motifs is 1. The number of hydrogen-bond donors (Lipinski definition) is 0. The Kier molecular flexibility index (Phi) is 7.84. The first-order chi connectivity index (χ1) is 16.9. The molecule has 0 bridgehead atoms. The Morgan fingerprint density at radius 3 is 2.57 bits per heavy atom. The number of thiazole rings is 1. The fourth-order valence-electron chi connectivity index (χ4n) is 3.92. The molecule has 2 heterocycles. The van der Waals surface area contributed by atoms with Crippen LogP contribution in [0.2, 0.25) is 5.02 Å². The van der Waals surface area contributed by atoms with Gasteiger partial charge in [0.05, 0.1) is 40.1 Å². The summed E-state index contributed by atoms with van der Waals surface area (Å²) in [7, 11) is 0.